The van der Waals surface area contributed by atoms with Gasteiger partial charge in [0.2, 0.25) is 0 Å². The van der Waals surface area contributed by atoms with Gasteiger partial charge in [-0.15, -0.1) is 0 Å². The van der Waals surface area contributed by atoms with Crippen LogP contribution in [0.2, 0.25) is 5.02 Å². The Kier molecular flexibility index (Phi) is 2.97. The zero-order chi connectivity index (χ0) is 13.2. The number of rotatable bonds is 2. The summed E-state index contributed by atoms with van der Waals surface area (Å²) < 4.78 is 1.50. The van der Waals surface area contributed by atoms with Gasteiger partial charge in [-0.3, -0.25) is 9.89 Å². The minimum absolute atomic E-state index is 0.0754. The van der Waals surface area contributed by atoms with E-state index in [9.17, 15) is 4.79 Å². The second kappa shape index (κ2) is 4.78. The fraction of sp³-hybridized carbons (Fsp3) is 0. The molecule has 0 unspecified atom stereocenters. The Balaban J connectivity index is 2.09. The molecule has 3 nitrogen and oxygen atoms in total. The summed E-state index contributed by atoms with van der Waals surface area (Å²) in [7, 11) is 0. The van der Waals surface area contributed by atoms with E-state index in [1.165, 1.54) is 4.68 Å². The van der Waals surface area contributed by atoms with Crippen LogP contribution in [0.3, 0.4) is 0 Å². The van der Waals surface area contributed by atoms with Crippen LogP contribution in [0.5, 0.6) is 0 Å². The molecular formula is C15H11ClN2O. The molecule has 1 N–H and O–H groups in total. The Morgan fingerprint density at radius 2 is 1.63 bits per heavy atom. The molecule has 2 aromatic carbocycles. The van der Waals surface area contributed by atoms with Crippen molar-refractivity contribution in [3.05, 3.63) is 76.2 Å². The Hall–Kier alpha value is -2.26. The minimum atomic E-state index is -0.0754. The summed E-state index contributed by atoms with van der Waals surface area (Å²) in [5, 5.41) is 3.61. The van der Waals surface area contributed by atoms with E-state index < -0.39 is 0 Å². The van der Waals surface area contributed by atoms with Crippen molar-refractivity contribution in [3.63, 3.8) is 0 Å². The van der Waals surface area contributed by atoms with E-state index in [0.717, 1.165) is 11.3 Å². The van der Waals surface area contributed by atoms with Gasteiger partial charge in [-0.1, -0.05) is 41.9 Å². The van der Waals surface area contributed by atoms with Gasteiger partial charge in [0.15, 0.2) is 0 Å². The smallest absolute Gasteiger partial charge is 0.279 e. The summed E-state index contributed by atoms with van der Waals surface area (Å²) in [4.78, 5) is 12.4. The van der Waals surface area contributed by atoms with Crippen LogP contribution >= 0.6 is 11.6 Å². The van der Waals surface area contributed by atoms with Crippen LogP contribution in [0.1, 0.15) is 0 Å². The molecule has 0 saturated carbocycles. The first kappa shape index (κ1) is 11.8. The number of halogens is 1. The van der Waals surface area contributed by atoms with Crippen LogP contribution in [0.25, 0.3) is 16.8 Å². The summed E-state index contributed by atoms with van der Waals surface area (Å²) in [6.45, 7) is 0. The number of aromatic amines is 1. The number of aromatic nitrogens is 2. The van der Waals surface area contributed by atoms with Crippen LogP contribution in [0.4, 0.5) is 0 Å². The predicted molar refractivity (Wildman–Crippen MR) is 76.8 cm³/mol. The second-order valence-electron chi connectivity index (χ2n) is 4.17. The highest BCUT2D eigenvalue weighted by atomic mass is 35.5. The topological polar surface area (TPSA) is 37.8 Å². The highest BCUT2D eigenvalue weighted by Crippen LogP contribution is 2.16. The maximum atomic E-state index is 12.4. The normalized spacial score (nSPS) is 10.6. The molecule has 94 valence electrons. The lowest BCUT2D eigenvalue weighted by Gasteiger charge is -2.00. The molecule has 0 aliphatic heterocycles. The van der Waals surface area contributed by atoms with Crippen molar-refractivity contribution in [2.75, 3.05) is 0 Å². The number of nitrogens with one attached hydrogen (secondary N) is 1. The maximum Gasteiger partial charge on any atom is 0.279 e. The molecule has 1 heterocycles. The van der Waals surface area contributed by atoms with Crippen LogP contribution in [0.15, 0.2) is 65.6 Å². The molecular weight excluding hydrogens is 260 g/mol. The summed E-state index contributed by atoms with van der Waals surface area (Å²) in [6.07, 6.45) is 1.71. The number of benzene rings is 2. The Morgan fingerprint density at radius 3 is 2.32 bits per heavy atom. The molecule has 0 radical (unpaired) electrons. The van der Waals surface area contributed by atoms with Crippen molar-refractivity contribution in [3.8, 4) is 16.8 Å². The zero-order valence-electron chi connectivity index (χ0n) is 10.0. The Bertz CT molecular complexity index is 742. The number of nitrogens with zero attached hydrogens (tertiary/aromatic N) is 1. The molecule has 1 aromatic heterocycles. The van der Waals surface area contributed by atoms with Gasteiger partial charge < -0.3 is 0 Å². The first-order valence-corrected chi connectivity index (χ1v) is 6.25. The van der Waals surface area contributed by atoms with Gasteiger partial charge in [0.25, 0.3) is 5.56 Å². The standard InChI is InChI=1S/C15H11ClN2O/c16-12-6-8-13(9-7-12)18-15(19)14(10-17-18)11-4-2-1-3-5-11/h1-10,17H. The molecule has 0 aliphatic carbocycles. The summed E-state index contributed by atoms with van der Waals surface area (Å²) in [6, 6.07) is 16.7. The van der Waals surface area contributed by atoms with Gasteiger partial charge in [-0.05, 0) is 29.8 Å². The van der Waals surface area contributed by atoms with E-state index in [-0.39, 0.29) is 5.56 Å². The van der Waals surface area contributed by atoms with Gasteiger partial charge >= 0.3 is 0 Å². The molecule has 0 spiro atoms. The van der Waals surface area contributed by atoms with Crippen molar-refractivity contribution < 1.29 is 0 Å². The third-order valence-corrected chi connectivity index (χ3v) is 3.19. The SMILES string of the molecule is O=c1c(-c2ccccc2)c[nH]n1-c1ccc(Cl)cc1. The molecule has 3 rings (SSSR count). The summed E-state index contributed by atoms with van der Waals surface area (Å²) in [5.41, 5.74) is 2.23. The van der Waals surface area contributed by atoms with Crippen molar-refractivity contribution in [2.24, 2.45) is 0 Å². The largest absolute Gasteiger partial charge is 0.298 e. The quantitative estimate of drug-likeness (QED) is 0.760. The third-order valence-electron chi connectivity index (χ3n) is 2.94. The first-order valence-electron chi connectivity index (χ1n) is 5.87. The number of hydrogen-bond donors (Lipinski definition) is 1. The van der Waals surface area contributed by atoms with Gasteiger partial charge in [0.05, 0.1) is 11.3 Å². The zero-order valence-corrected chi connectivity index (χ0v) is 10.8. The molecule has 19 heavy (non-hydrogen) atoms. The van der Waals surface area contributed by atoms with Crippen molar-refractivity contribution in [1.29, 1.82) is 0 Å². The van der Waals surface area contributed by atoms with Crippen LogP contribution in [-0.4, -0.2) is 9.78 Å². The van der Waals surface area contributed by atoms with E-state index in [1.807, 2.05) is 30.3 Å². The van der Waals surface area contributed by atoms with E-state index in [1.54, 1.807) is 30.5 Å². The predicted octanol–water partition coefficient (Wildman–Crippen LogP) is 3.49. The monoisotopic (exact) mass is 270 g/mol. The van der Waals surface area contributed by atoms with Gasteiger partial charge in [0, 0.05) is 11.2 Å². The average molecular weight is 271 g/mol. The molecule has 0 aliphatic rings. The summed E-state index contributed by atoms with van der Waals surface area (Å²) >= 11 is 5.84. The molecule has 0 atom stereocenters. The highest BCUT2D eigenvalue weighted by Gasteiger charge is 2.09. The van der Waals surface area contributed by atoms with Crippen molar-refractivity contribution >= 4 is 11.6 Å². The van der Waals surface area contributed by atoms with E-state index in [4.69, 9.17) is 11.6 Å². The van der Waals surface area contributed by atoms with Gasteiger partial charge in [-0.2, -0.15) is 0 Å². The Labute approximate surface area is 115 Å². The fourth-order valence-electron chi connectivity index (χ4n) is 1.98. The van der Waals surface area contributed by atoms with Gasteiger partial charge in [-0.25, -0.2) is 4.68 Å². The van der Waals surface area contributed by atoms with Crippen molar-refractivity contribution in [1.82, 2.24) is 9.78 Å². The Morgan fingerprint density at radius 1 is 0.947 bits per heavy atom. The maximum absolute atomic E-state index is 12.4. The second-order valence-corrected chi connectivity index (χ2v) is 4.61. The lowest BCUT2D eigenvalue weighted by molar-refractivity contribution is 0.850. The van der Waals surface area contributed by atoms with Crippen LogP contribution in [-0.2, 0) is 0 Å². The lowest BCUT2D eigenvalue weighted by atomic mass is 10.1. The van der Waals surface area contributed by atoms with Crippen LogP contribution < -0.4 is 5.56 Å². The van der Waals surface area contributed by atoms with E-state index >= 15 is 0 Å². The van der Waals surface area contributed by atoms with Crippen LogP contribution in [0, 0.1) is 0 Å². The third kappa shape index (κ3) is 2.20. The molecule has 4 heteroatoms. The number of H-pyrrole nitrogens is 1. The minimum Gasteiger partial charge on any atom is -0.298 e. The molecule has 0 bridgehead atoms. The molecule has 3 aromatic rings. The average Bonchev–Trinajstić information content (AvgIpc) is 2.83. The summed E-state index contributed by atoms with van der Waals surface area (Å²) in [5.74, 6) is 0. The molecule has 0 amide bonds. The lowest BCUT2D eigenvalue weighted by Crippen LogP contribution is -2.15. The molecule has 0 saturated heterocycles. The number of hydrogen-bond acceptors (Lipinski definition) is 1. The fourth-order valence-corrected chi connectivity index (χ4v) is 2.10. The van der Waals surface area contributed by atoms with Crippen molar-refractivity contribution in [2.45, 2.75) is 0 Å². The van der Waals surface area contributed by atoms with E-state index in [0.29, 0.717) is 10.6 Å². The first-order chi connectivity index (χ1) is 9.25. The highest BCUT2D eigenvalue weighted by molar-refractivity contribution is 6.30. The molecule has 0 fully saturated rings. The van der Waals surface area contributed by atoms with Gasteiger partial charge in [0.1, 0.15) is 0 Å². The van der Waals surface area contributed by atoms with E-state index in [2.05, 4.69) is 5.10 Å².